The average molecular weight is 370 g/mol. The van der Waals surface area contributed by atoms with Crippen LogP contribution in [0.3, 0.4) is 0 Å². The molecule has 0 saturated carbocycles. The van der Waals surface area contributed by atoms with Gasteiger partial charge in [0.2, 0.25) is 0 Å². The van der Waals surface area contributed by atoms with Crippen molar-refractivity contribution < 1.29 is 9.53 Å². The fourth-order valence-corrected chi connectivity index (χ4v) is 3.44. The Bertz CT molecular complexity index is 740. The minimum atomic E-state index is -0.0377. The Morgan fingerprint density at radius 2 is 2.11 bits per heavy atom. The molecule has 1 saturated heterocycles. The molecule has 0 radical (unpaired) electrons. The Kier molecular flexibility index (Phi) is 6.50. The third-order valence-electron chi connectivity index (χ3n) is 4.78. The van der Waals surface area contributed by atoms with E-state index in [-0.39, 0.29) is 5.91 Å². The topological polar surface area (TPSA) is 59.4 Å². The highest BCUT2D eigenvalue weighted by molar-refractivity contribution is 5.95. The van der Waals surface area contributed by atoms with E-state index in [1.165, 1.54) is 0 Å². The number of aromatic nitrogens is 2. The molecule has 1 aliphatic rings. The van der Waals surface area contributed by atoms with E-state index in [4.69, 9.17) is 4.74 Å². The smallest absolute Gasteiger partial charge is 0.278 e. The number of carbonyl (C=O) groups excluding carboxylic acids is 1. The molecule has 1 amide bonds. The molecule has 1 atom stereocenters. The molecule has 0 spiro atoms. The summed E-state index contributed by atoms with van der Waals surface area (Å²) in [4.78, 5) is 15.1. The molecule has 1 aliphatic heterocycles. The van der Waals surface area contributed by atoms with E-state index in [9.17, 15) is 4.79 Å². The third-order valence-corrected chi connectivity index (χ3v) is 4.78. The first kappa shape index (κ1) is 19.4. The highest BCUT2D eigenvalue weighted by atomic mass is 16.5. The zero-order chi connectivity index (χ0) is 19.2. The van der Waals surface area contributed by atoms with E-state index >= 15 is 0 Å². The summed E-state index contributed by atoms with van der Waals surface area (Å²) in [5.41, 5.74) is 1.32. The van der Waals surface area contributed by atoms with E-state index in [0.29, 0.717) is 29.9 Å². The first-order valence-corrected chi connectivity index (χ1v) is 9.80. The highest BCUT2D eigenvalue weighted by Crippen LogP contribution is 2.25. The molecule has 0 bridgehead atoms. The summed E-state index contributed by atoms with van der Waals surface area (Å²) in [6.07, 6.45) is 4.00. The van der Waals surface area contributed by atoms with Crippen LogP contribution in [0.1, 0.15) is 37.2 Å². The molecule has 1 fully saturated rings. The largest absolute Gasteiger partial charge is 0.489 e. The monoisotopic (exact) mass is 370 g/mol. The highest BCUT2D eigenvalue weighted by Gasteiger charge is 2.28. The van der Waals surface area contributed by atoms with Gasteiger partial charge in [-0.15, -0.1) is 0 Å². The lowest BCUT2D eigenvalue weighted by molar-refractivity contribution is 0.0663. The fourth-order valence-electron chi connectivity index (χ4n) is 3.44. The van der Waals surface area contributed by atoms with Gasteiger partial charge < -0.3 is 15.0 Å². The molecule has 2 aromatic rings. The summed E-state index contributed by atoms with van der Waals surface area (Å²) in [6, 6.07) is 9.82. The van der Waals surface area contributed by atoms with Crippen LogP contribution in [0.2, 0.25) is 0 Å². The van der Waals surface area contributed by atoms with Gasteiger partial charge in [0.05, 0.1) is 18.5 Å². The number of likely N-dealkylation sites (tertiary alicyclic amines) is 1. The van der Waals surface area contributed by atoms with Gasteiger partial charge in [-0.1, -0.05) is 32.0 Å². The molecular formula is C21H30N4O2. The van der Waals surface area contributed by atoms with Gasteiger partial charge in [-0.3, -0.25) is 4.79 Å². The predicted molar refractivity (Wildman–Crippen MR) is 106 cm³/mol. The minimum Gasteiger partial charge on any atom is -0.489 e. The van der Waals surface area contributed by atoms with Crippen molar-refractivity contribution in [3.63, 3.8) is 0 Å². The van der Waals surface area contributed by atoms with Crippen molar-refractivity contribution in [1.82, 2.24) is 20.0 Å². The second-order valence-electron chi connectivity index (χ2n) is 7.64. The van der Waals surface area contributed by atoms with Crippen molar-refractivity contribution in [1.29, 1.82) is 0 Å². The molecule has 1 N–H and O–H groups in total. The number of ether oxygens (including phenoxy) is 1. The third kappa shape index (κ3) is 4.89. The van der Waals surface area contributed by atoms with Crippen LogP contribution in [0, 0.1) is 11.8 Å². The second kappa shape index (κ2) is 9.04. The van der Waals surface area contributed by atoms with Crippen molar-refractivity contribution in [3.05, 3.63) is 42.2 Å². The maximum Gasteiger partial charge on any atom is 0.278 e. The molecule has 1 aromatic heterocycles. The standard InChI is InChI=1S/C21H30N4O2/c1-16(2)15-27-19-14-25(18-9-5-4-6-10-18)23-20(19)21(26)24-11-7-8-17(13-24)12-22-3/h4-6,9-10,14,16-17,22H,7-8,11-13,15H2,1-3H3. The van der Waals surface area contributed by atoms with Crippen molar-refractivity contribution in [2.75, 3.05) is 33.3 Å². The summed E-state index contributed by atoms with van der Waals surface area (Å²) in [5.74, 6) is 1.39. The Hall–Kier alpha value is -2.34. The van der Waals surface area contributed by atoms with E-state index in [2.05, 4.69) is 24.3 Å². The van der Waals surface area contributed by atoms with Crippen LogP contribution in [-0.2, 0) is 0 Å². The number of piperidine rings is 1. The minimum absolute atomic E-state index is 0.0377. The maximum atomic E-state index is 13.2. The second-order valence-corrected chi connectivity index (χ2v) is 7.64. The molecule has 2 heterocycles. The van der Waals surface area contributed by atoms with Gasteiger partial charge in [-0.05, 0) is 50.4 Å². The van der Waals surface area contributed by atoms with Gasteiger partial charge in [-0.25, -0.2) is 4.68 Å². The van der Waals surface area contributed by atoms with Crippen LogP contribution in [0.5, 0.6) is 5.75 Å². The quantitative estimate of drug-likeness (QED) is 0.814. The number of para-hydroxylation sites is 1. The van der Waals surface area contributed by atoms with Crippen molar-refractivity contribution >= 4 is 5.91 Å². The van der Waals surface area contributed by atoms with Crippen molar-refractivity contribution in [2.45, 2.75) is 26.7 Å². The summed E-state index contributed by atoms with van der Waals surface area (Å²) in [5, 5.41) is 7.81. The van der Waals surface area contributed by atoms with E-state index in [1.807, 2.05) is 48.5 Å². The molecule has 1 unspecified atom stereocenters. The van der Waals surface area contributed by atoms with Gasteiger partial charge in [0.1, 0.15) is 0 Å². The van der Waals surface area contributed by atoms with Gasteiger partial charge in [0.25, 0.3) is 5.91 Å². The lowest BCUT2D eigenvalue weighted by Crippen LogP contribution is -2.42. The number of hydrogen-bond acceptors (Lipinski definition) is 4. The zero-order valence-electron chi connectivity index (χ0n) is 16.5. The number of carbonyl (C=O) groups is 1. The number of amides is 1. The molecule has 3 rings (SSSR count). The Balaban J connectivity index is 1.85. The number of hydrogen-bond donors (Lipinski definition) is 1. The van der Waals surface area contributed by atoms with Crippen LogP contribution < -0.4 is 10.1 Å². The summed E-state index contributed by atoms with van der Waals surface area (Å²) >= 11 is 0. The first-order chi connectivity index (χ1) is 13.1. The lowest BCUT2D eigenvalue weighted by atomic mass is 9.98. The van der Waals surface area contributed by atoms with Gasteiger partial charge in [0, 0.05) is 13.1 Å². The summed E-state index contributed by atoms with van der Waals surface area (Å²) in [6.45, 7) is 7.22. The van der Waals surface area contributed by atoms with E-state index in [0.717, 1.165) is 38.2 Å². The number of rotatable bonds is 7. The molecular weight excluding hydrogens is 340 g/mol. The molecule has 146 valence electrons. The normalized spacial score (nSPS) is 17.3. The van der Waals surface area contributed by atoms with Crippen LogP contribution in [-0.4, -0.2) is 53.9 Å². The molecule has 6 nitrogen and oxygen atoms in total. The number of nitrogens with one attached hydrogen (secondary N) is 1. The van der Waals surface area contributed by atoms with E-state index < -0.39 is 0 Å². The Labute approximate surface area is 161 Å². The van der Waals surface area contributed by atoms with Crippen LogP contribution in [0.15, 0.2) is 36.5 Å². The van der Waals surface area contributed by atoms with Crippen LogP contribution in [0.4, 0.5) is 0 Å². The summed E-state index contributed by atoms with van der Waals surface area (Å²) < 4.78 is 7.68. The van der Waals surface area contributed by atoms with Gasteiger partial charge >= 0.3 is 0 Å². The first-order valence-electron chi connectivity index (χ1n) is 9.80. The molecule has 1 aromatic carbocycles. The number of nitrogens with zero attached hydrogens (tertiary/aromatic N) is 3. The Morgan fingerprint density at radius 3 is 2.81 bits per heavy atom. The molecule has 6 heteroatoms. The van der Waals surface area contributed by atoms with Gasteiger partial charge in [-0.2, -0.15) is 5.10 Å². The molecule has 27 heavy (non-hydrogen) atoms. The van der Waals surface area contributed by atoms with Crippen molar-refractivity contribution in [3.8, 4) is 11.4 Å². The van der Waals surface area contributed by atoms with E-state index in [1.54, 1.807) is 4.68 Å². The van der Waals surface area contributed by atoms with Crippen LogP contribution >= 0.6 is 0 Å². The Morgan fingerprint density at radius 1 is 1.33 bits per heavy atom. The van der Waals surface area contributed by atoms with Crippen LogP contribution in [0.25, 0.3) is 5.69 Å². The zero-order valence-corrected chi connectivity index (χ0v) is 16.5. The predicted octanol–water partition coefficient (Wildman–Crippen LogP) is 2.98. The lowest BCUT2D eigenvalue weighted by Gasteiger charge is -2.32. The number of benzene rings is 1. The molecule has 0 aliphatic carbocycles. The SMILES string of the molecule is CNCC1CCCN(C(=O)c2nn(-c3ccccc3)cc2OCC(C)C)C1. The fraction of sp³-hybridized carbons (Fsp3) is 0.524. The maximum absolute atomic E-state index is 13.2. The van der Waals surface area contributed by atoms with Crippen molar-refractivity contribution in [2.24, 2.45) is 11.8 Å². The average Bonchev–Trinajstić information content (AvgIpc) is 3.11. The summed E-state index contributed by atoms with van der Waals surface area (Å²) in [7, 11) is 1.96. The van der Waals surface area contributed by atoms with Gasteiger partial charge in [0.15, 0.2) is 11.4 Å².